The molecule has 2 saturated carbocycles. The molecule has 2 aliphatic carbocycles. The largest absolute Gasteiger partial charge is 0.507 e. The molecule has 2 nitrogen and oxygen atoms in total. The van der Waals surface area contributed by atoms with E-state index in [0.29, 0.717) is 5.75 Å². The topological polar surface area (TPSA) is 40.5 Å². The molecule has 3 atom stereocenters. The van der Waals surface area contributed by atoms with Crippen LogP contribution in [0.4, 0.5) is 0 Å². The van der Waals surface area contributed by atoms with Crippen LogP contribution in [0.1, 0.15) is 36.0 Å². The highest BCUT2D eigenvalue weighted by Crippen LogP contribution is 2.51. The van der Waals surface area contributed by atoms with Crippen LogP contribution in [0.5, 0.6) is 5.75 Å². The maximum Gasteiger partial charge on any atom is 0.126 e. The molecule has 0 spiro atoms. The van der Waals surface area contributed by atoms with Gasteiger partial charge in [0.2, 0.25) is 0 Å². The molecule has 2 heteroatoms. The Morgan fingerprint density at radius 2 is 1.45 bits per heavy atom. The number of phenols is 1. The number of phenolic OH excluding ortho intramolecular Hbond substituents is 1. The number of benzene rings is 3. The number of aliphatic hydroxyl groups excluding tert-OH is 1. The van der Waals surface area contributed by atoms with Gasteiger partial charge < -0.3 is 10.2 Å². The summed E-state index contributed by atoms with van der Waals surface area (Å²) in [5.74, 6) is 2.04. The van der Waals surface area contributed by atoms with Crippen molar-refractivity contribution < 1.29 is 10.2 Å². The van der Waals surface area contributed by atoms with Crippen molar-refractivity contribution in [1.29, 1.82) is 0 Å². The van der Waals surface area contributed by atoms with Crippen LogP contribution in [-0.4, -0.2) is 16.3 Å². The average Bonchev–Trinajstić information content (AvgIpc) is 3.40. The molecular weight excluding hydrogens is 356 g/mol. The number of hydrogen-bond acceptors (Lipinski definition) is 2. The molecule has 29 heavy (non-hydrogen) atoms. The predicted molar refractivity (Wildman–Crippen MR) is 120 cm³/mol. The minimum Gasteiger partial charge on any atom is -0.507 e. The molecule has 2 fully saturated rings. The normalized spacial score (nSPS) is 21.9. The molecule has 150 valence electrons. The summed E-state index contributed by atoms with van der Waals surface area (Å²) in [5, 5.41) is 19.7. The van der Waals surface area contributed by atoms with Crippen molar-refractivity contribution in [3.8, 4) is 28.0 Å². The Balaban J connectivity index is 0.000000243. The van der Waals surface area contributed by atoms with Gasteiger partial charge in [0.1, 0.15) is 5.75 Å². The molecule has 0 aromatic heterocycles. The highest BCUT2D eigenvalue weighted by atomic mass is 16.3. The Kier molecular flexibility index (Phi) is 5.47. The summed E-state index contributed by atoms with van der Waals surface area (Å²) in [7, 11) is 0. The van der Waals surface area contributed by atoms with Gasteiger partial charge in [-0.2, -0.15) is 0 Å². The predicted octanol–water partition coefficient (Wildman–Crippen LogP) is 6.43. The first-order valence-corrected chi connectivity index (χ1v) is 10.6. The average molecular weight is 387 g/mol. The lowest BCUT2D eigenvalue weighted by Gasteiger charge is -2.15. The quantitative estimate of drug-likeness (QED) is 0.533. The van der Waals surface area contributed by atoms with Crippen molar-refractivity contribution in [2.45, 2.75) is 46.1 Å². The summed E-state index contributed by atoms with van der Waals surface area (Å²) in [4.78, 5) is 0. The first-order chi connectivity index (χ1) is 13.9. The van der Waals surface area contributed by atoms with Gasteiger partial charge in [0.15, 0.2) is 0 Å². The van der Waals surface area contributed by atoms with Gasteiger partial charge in [0.25, 0.3) is 0 Å². The fourth-order valence-electron chi connectivity index (χ4n) is 4.51. The third-order valence-electron chi connectivity index (χ3n) is 6.32. The third-order valence-corrected chi connectivity index (χ3v) is 6.32. The molecule has 3 unspecified atom stereocenters. The van der Waals surface area contributed by atoms with E-state index < -0.39 is 0 Å². The number of aromatic hydroxyl groups is 1. The number of aliphatic hydroxyl groups is 1. The fraction of sp³-hybridized carbons (Fsp3) is 0.333. The summed E-state index contributed by atoms with van der Waals surface area (Å²) in [6.07, 6.45) is 3.78. The van der Waals surface area contributed by atoms with E-state index in [1.165, 1.54) is 24.0 Å². The van der Waals surface area contributed by atoms with Gasteiger partial charge in [-0.3, -0.25) is 0 Å². The van der Waals surface area contributed by atoms with Crippen LogP contribution in [0, 0.1) is 32.6 Å². The minimum atomic E-state index is 0.0880. The van der Waals surface area contributed by atoms with E-state index in [1.807, 2.05) is 19.1 Å². The molecule has 0 bridgehead atoms. The van der Waals surface area contributed by atoms with Gasteiger partial charge >= 0.3 is 0 Å². The molecule has 2 aliphatic rings. The Bertz CT molecular complexity index is 1020. The second-order valence-electron chi connectivity index (χ2n) is 8.70. The van der Waals surface area contributed by atoms with Crippen LogP contribution in [0.25, 0.3) is 22.3 Å². The summed E-state index contributed by atoms with van der Waals surface area (Å²) in [6, 6.07) is 20.8. The molecule has 0 saturated heterocycles. The monoisotopic (exact) mass is 386 g/mol. The first-order valence-electron chi connectivity index (χ1n) is 10.6. The molecule has 2 N–H and O–H groups in total. The standard InChI is InChI=1S/C21H20O.C6H10O/c1-14-6-4-8-17(12-14)19-11-10-16(3)21(22)20(19)18-9-5-7-15(2)13-18;7-6-2-1-4-3-5(4)6/h4-13,22H,1-3H3;4-7H,1-3H2. The van der Waals surface area contributed by atoms with Gasteiger partial charge in [-0.15, -0.1) is 0 Å². The Hall–Kier alpha value is -2.58. The van der Waals surface area contributed by atoms with Crippen LogP contribution in [0.15, 0.2) is 60.7 Å². The highest BCUT2D eigenvalue weighted by Gasteiger charge is 2.47. The van der Waals surface area contributed by atoms with E-state index in [0.717, 1.165) is 46.1 Å². The van der Waals surface area contributed by atoms with Gasteiger partial charge in [-0.25, -0.2) is 0 Å². The maximum atomic E-state index is 10.7. The second-order valence-corrected chi connectivity index (χ2v) is 8.70. The van der Waals surface area contributed by atoms with E-state index in [9.17, 15) is 5.11 Å². The number of fused-ring (bicyclic) bond motifs is 1. The van der Waals surface area contributed by atoms with E-state index in [1.54, 1.807) is 0 Å². The van der Waals surface area contributed by atoms with Crippen molar-refractivity contribution >= 4 is 0 Å². The molecule has 5 rings (SSSR count). The Labute approximate surface area is 173 Å². The van der Waals surface area contributed by atoms with Crippen molar-refractivity contribution in [3.63, 3.8) is 0 Å². The van der Waals surface area contributed by atoms with E-state index in [4.69, 9.17) is 5.11 Å². The van der Waals surface area contributed by atoms with Gasteiger partial charge in [-0.05, 0) is 74.1 Å². The first kappa shape index (κ1) is 19.7. The molecule has 0 amide bonds. The molecule has 3 aromatic carbocycles. The van der Waals surface area contributed by atoms with Crippen molar-refractivity contribution in [1.82, 2.24) is 0 Å². The Morgan fingerprint density at radius 3 is 1.97 bits per heavy atom. The summed E-state index contributed by atoms with van der Waals surface area (Å²) in [6.45, 7) is 6.10. The zero-order chi connectivity index (χ0) is 20.5. The van der Waals surface area contributed by atoms with Crippen LogP contribution in [0.3, 0.4) is 0 Å². The summed E-state index contributed by atoms with van der Waals surface area (Å²) < 4.78 is 0. The van der Waals surface area contributed by atoms with Crippen LogP contribution < -0.4 is 0 Å². The summed E-state index contributed by atoms with van der Waals surface area (Å²) in [5.41, 5.74) is 7.46. The highest BCUT2D eigenvalue weighted by molar-refractivity contribution is 5.88. The number of aryl methyl sites for hydroxylation is 3. The van der Waals surface area contributed by atoms with Crippen molar-refractivity contribution in [3.05, 3.63) is 77.4 Å². The lowest BCUT2D eigenvalue weighted by Crippen LogP contribution is -2.02. The van der Waals surface area contributed by atoms with Crippen LogP contribution in [0.2, 0.25) is 0 Å². The fourth-order valence-corrected chi connectivity index (χ4v) is 4.51. The maximum absolute atomic E-state index is 10.7. The number of hydrogen-bond donors (Lipinski definition) is 2. The van der Waals surface area contributed by atoms with Crippen LogP contribution >= 0.6 is 0 Å². The van der Waals surface area contributed by atoms with Gasteiger partial charge in [0.05, 0.1) is 6.10 Å². The van der Waals surface area contributed by atoms with E-state index in [-0.39, 0.29) is 6.10 Å². The van der Waals surface area contributed by atoms with Crippen molar-refractivity contribution in [2.75, 3.05) is 0 Å². The second kappa shape index (κ2) is 8.04. The smallest absolute Gasteiger partial charge is 0.126 e. The zero-order valence-corrected chi connectivity index (χ0v) is 17.5. The molecule has 0 aliphatic heterocycles. The molecule has 0 radical (unpaired) electrons. The SMILES string of the molecule is Cc1cccc(-c2ccc(C)c(O)c2-c2cccc(C)c2)c1.OC1CCC2CC12. The Morgan fingerprint density at radius 1 is 0.793 bits per heavy atom. The lowest BCUT2D eigenvalue weighted by atomic mass is 9.91. The van der Waals surface area contributed by atoms with E-state index in [2.05, 4.69) is 62.4 Å². The summed E-state index contributed by atoms with van der Waals surface area (Å²) >= 11 is 0. The zero-order valence-electron chi connectivity index (χ0n) is 17.5. The number of rotatable bonds is 2. The molecule has 3 aromatic rings. The lowest BCUT2D eigenvalue weighted by molar-refractivity contribution is 0.159. The van der Waals surface area contributed by atoms with Crippen LogP contribution in [-0.2, 0) is 0 Å². The molecule has 0 heterocycles. The van der Waals surface area contributed by atoms with Gasteiger partial charge in [-0.1, -0.05) is 71.8 Å². The van der Waals surface area contributed by atoms with Crippen molar-refractivity contribution in [2.24, 2.45) is 11.8 Å². The van der Waals surface area contributed by atoms with E-state index >= 15 is 0 Å². The molecular formula is C27H30O2. The minimum absolute atomic E-state index is 0.0880. The van der Waals surface area contributed by atoms with Gasteiger partial charge in [0, 0.05) is 5.56 Å². The third kappa shape index (κ3) is 4.23.